The molecule has 0 fully saturated rings. The highest BCUT2D eigenvalue weighted by atomic mass is 32.2. The van der Waals surface area contributed by atoms with Gasteiger partial charge in [0.15, 0.2) is 0 Å². The Labute approximate surface area is 93.2 Å². The van der Waals surface area contributed by atoms with Crippen LogP contribution < -0.4 is 5.73 Å². The van der Waals surface area contributed by atoms with Gasteiger partial charge in [-0.2, -0.15) is 5.26 Å². The zero-order valence-corrected chi connectivity index (χ0v) is 9.00. The number of rotatable bonds is 4. The Morgan fingerprint density at radius 2 is 2.33 bits per heavy atom. The van der Waals surface area contributed by atoms with E-state index in [0.29, 0.717) is 12.1 Å². The molecule has 1 aromatic carbocycles. The van der Waals surface area contributed by atoms with E-state index in [4.69, 9.17) is 16.1 Å². The minimum Gasteiger partial charge on any atom is -0.398 e. The molecule has 1 aromatic rings. The molecule has 0 heterocycles. The summed E-state index contributed by atoms with van der Waals surface area (Å²) in [6, 6.07) is 5.45. The Kier molecular flexibility index (Phi) is 4.75. The fraction of sp³-hybridized carbons (Fsp3) is 0.182. The van der Waals surface area contributed by atoms with Crippen molar-refractivity contribution in [2.45, 2.75) is 11.3 Å². The molecule has 3 N–H and O–H groups in total. The summed E-state index contributed by atoms with van der Waals surface area (Å²) < 4.78 is 0. The van der Waals surface area contributed by atoms with Crippen molar-refractivity contribution in [1.29, 1.82) is 5.26 Å². The molecule has 0 unspecified atom stereocenters. The number of aliphatic hydroxyl groups excluding tert-OH is 1. The highest BCUT2D eigenvalue weighted by Gasteiger charge is 1.98. The summed E-state index contributed by atoms with van der Waals surface area (Å²) in [5, 5.41) is 19.2. The first-order valence-electron chi connectivity index (χ1n) is 4.51. The summed E-state index contributed by atoms with van der Waals surface area (Å²) in [6.07, 6.45) is 4.31. The molecule has 0 aliphatic heterocycles. The Balaban J connectivity index is 2.86. The predicted molar refractivity (Wildman–Crippen MR) is 63.1 cm³/mol. The molecule has 0 bridgehead atoms. The number of nitrogens with two attached hydrogens (primary N) is 1. The molecular formula is C11H12N2OS. The van der Waals surface area contributed by atoms with Crippen molar-refractivity contribution in [2.24, 2.45) is 0 Å². The van der Waals surface area contributed by atoms with Crippen LogP contribution in [0.4, 0.5) is 5.69 Å². The van der Waals surface area contributed by atoms with Crippen molar-refractivity contribution in [2.75, 3.05) is 12.3 Å². The van der Waals surface area contributed by atoms with Gasteiger partial charge >= 0.3 is 0 Å². The minimum atomic E-state index is 0.128. The van der Waals surface area contributed by atoms with Crippen LogP contribution in [0, 0.1) is 10.7 Å². The maximum absolute atomic E-state index is 8.62. The van der Waals surface area contributed by atoms with Crippen LogP contribution in [-0.2, 0) is 0 Å². The third-order valence-corrected chi connectivity index (χ3v) is 2.40. The van der Waals surface area contributed by atoms with Crippen LogP contribution in [0.2, 0.25) is 0 Å². The smallest absolute Gasteiger partial charge is 0.138 e. The summed E-state index contributed by atoms with van der Waals surface area (Å²) in [5.74, 6) is 0. The van der Waals surface area contributed by atoms with Crippen molar-refractivity contribution in [1.82, 2.24) is 0 Å². The minimum absolute atomic E-state index is 0.128. The average molecular weight is 220 g/mol. The van der Waals surface area contributed by atoms with E-state index in [1.54, 1.807) is 6.07 Å². The van der Waals surface area contributed by atoms with Gasteiger partial charge in [-0.05, 0) is 41.9 Å². The number of nitrogens with zero attached hydrogens (tertiary/aromatic N) is 1. The Bertz CT molecular complexity index is 396. The van der Waals surface area contributed by atoms with E-state index in [-0.39, 0.29) is 6.61 Å². The van der Waals surface area contributed by atoms with Crippen LogP contribution in [0.15, 0.2) is 29.2 Å². The van der Waals surface area contributed by atoms with Crippen LogP contribution in [0.5, 0.6) is 0 Å². The Morgan fingerprint density at radius 3 is 3.00 bits per heavy atom. The fourth-order valence-corrected chi connectivity index (χ4v) is 1.53. The van der Waals surface area contributed by atoms with Crippen molar-refractivity contribution in [3.63, 3.8) is 0 Å². The standard InChI is InChI=1S/C11H12N2OS/c12-8-15-10-4-5-11(13)9(7-10)3-1-2-6-14/h1,3-5,7,14H,2,6,13H2. The highest BCUT2D eigenvalue weighted by Crippen LogP contribution is 2.23. The summed E-state index contributed by atoms with van der Waals surface area (Å²) in [6.45, 7) is 0.128. The number of nitriles is 1. The molecule has 78 valence electrons. The molecule has 0 aromatic heterocycles. The lowest BCUT2D eigenvalue weighted by atomic mass is 10.1. The summed E-state index contributed by atoms with van der Waals surface area (Å²) in [4.78, 5) is 0.871. The number of aliphatic hydroxyl groups is 1. The lowest BCUT2D eigenvalue weighted by molar-refractivity contribution is 0.303. The van der Waals surface area contributed by atoms with Crippen molar-refractivity contribution >= 4 is 23.5 Å². The topological polar surface area (TPSA) is 70.0 Å². The first kappa shape index (κ1) is 11.6. The Morgan fingerprint density at radius 1 is 1.53 bits per heavy atom. The Hall–Kier alpha value is -1.44. The van der Waals surface area contributed by atoms with Crippen LogP contribution in [0.25, 0.3) is 6.08 Å². The van der Waals surface area contributed by atoms with Gasteiger partial charge in [0.1, 0.15) is 5.40 Å². The van der Waals surface area contributed by atoms with Gasteiger partial charge in [0, 0.05) is 17.2 Å². The second kappa shape index (κ2) is 6.12. The molecule has 0 amide bonds. The zero-order valence-electron chi connectivity index (χ0n) is 8.18. The second-order valence-corrected chi connectivity index (χ2v) is 3.76. The molecule has 0 radical (unpaired) electrons. The summed E-state index contributed by atoms with van der Waals surface area (Å²) in [7, 11) is 0. The lowest BCUT2D eigenvalue weighted by Crippen LogP contribution is -1.89. The zero-order chi connectivity index (χ0) is 11.1. The second-order valence-electron chi connectivity index (χ2n) is 2.90. The number of anilines is 1. The van der Waals surface area contributed by atoms with Crippen LogP contribution in [-0.4, -0.2) is 11.7 Å². The van der Waals surface area contributed by atoms with Gasteiger partial charge in [0.2, 0.25) is 0 Å². The van der Waals surface area contributed by atoms with E-state index in [0.717, 1.165) is 22.2 Å². The molecular weight excluding hydrogens is 208 g/mol. The van der Waals surface area contributed by atoms with Crippen LogP contribution in [0.3, 0.4) is 0 Å². The van der Waals surface area contributed by atoms with Gasteiger partial charge in [-0.15, -0.1) is 0 Å². The highest BCUT2D eigenvalue weighted by molar-refractivity contribution is 8.03. The molecule has 0 aliphatic carbocycles. The van der Waals surface area contributed by atoms with Crippen molar-refractivity contribution in [3.8, 4) is 5.40 Å². The van der Waals surface area contributed by atoms with E-state index in [1.165, 1.54) is 0 Å². The average Bonchev–Trinajstić information content (AvgIpc) is 2.23. The van der Waals surface area contributed by atoms with Gasteiger partial charge < -0.3 is 10.8 Å². The number of hydrogen-bond donors (Lipinski definition) is 2. The molecule has 1 rings (SSSR count). The number of thiocyanates is 1. The molecule has 4 heteroatoms. The van der Waals surface area contributed by atoms with E-state index < -0.39 is 0 Å². The fourth-order valence-electron chi connectivity index (χ4n) is 1.10. The first-order chi connectivity index (χ1) is 7.27. The van der Waals surface area contributed by atoms with Crippen LogP contribution in [0.1, 0.15) is 12.0 Å². The normalized spacial score (nSPS) is 10.4. The third-order valence-electron chi connectivity index (χ3n) is 1.81. The molecule has 0 saturated carbocycles. The van der Waals surface area contributed by atoms with Crippen molar-refractivity contribution < 1.29 is 5.11 Å². The summed E-state index contributed by atoms with van der Waals surface area (Å²) >= 11 is 1.10. The van der Waals surface area contributed by atoms with E-state index in [2.05, 4.69) is 0 Å². The molecule has 0 saturated heterocycles. The van der Waals surface area contributed by atoms with Gasteiger partial charge in [0.05, 0.1) is 0 Å². The molecule has 3 nitrogen and oxygen atoms in total. The maximum Gasteiger partial charge on any atom is 0.138 e. The molecule has 0 atom stereocenters. The largest absolute Gasteiger partial charge is 0.398 e. The van der Waals surface area contributed by atoms with E-state index >= 15 is 0 Å². The molecule has 0 spiro atoms. The van der Waals surface area contributed by atoms with Gasteiger partial charge in [-0.25, -0.2) is 0 Å². The number of benzene rings is 1. The number of thioether (sulfide) groups is 1. The van der Waals surface area contributed by atoms with Gasteiger partial charge in [-0.3, -0.25) is 0 Å². The third kappa shape index (κ3) is 3.66. The van der Waals surface area contributed by atoms with Crippen LogP contribution >= 0.6 is 11.8 Å². The SMILES string of the molecule is N#CSc1ccc(N)c(C=CCCO)c1. The molecule has 0 aliphatic rings. The van der Waals surface area contributed by atoms with E-state index in [1.807, 2.05) is 29.7 Å². The molecule has 15 heavy (non-hydrogen) atoms. The number of nitrogen functional groups attached to an aromatic ring is 1. The van der Waals surface area contributed by atoms with Crippen molar-refractivity contribution in [3.05, 3.63) is 29.8 Å². The maximum atomic E-state index is 8.62. The van der Waals surface area contributed by atoms with E-state index in [9.17, 15) is 0 Å². The summed E-state index contributed by atoms with van der Waals surface area (Å²) in [5.41, 5.74) is 7.31. The first-order valence-corrected chi connectivity index (χ1v) is 5.32. The lowest BCUT2D eigenvalue weighted by Gasteiger charge is -2.01. The monoisotopic (exact) mass is 220 g/mol. The quantitative estimate of drug-likeness (QED) is 0.464. The number of hydrogen-bond acceptors (Lipinski definition) is 4. The predicted octanol–water partition coefficient (Wildman–Crippen LogP) is 2.24. The van der Waals surface area contributed by atoms with Gasteiger partial charge in [-0.1, -0.05) is 12.2 Å². The van der Waals surface area contributed by atoms with Gasteiger partial charge in [0.25, 0.3) is 0 Å².